The Bertz CT molecular complexity index is 2050. The van der Waals surface area contributed by atoms with Crippen molar-refractivity contribution in [2.75, 3.05) is 0 Å². The molecule has 2 unspecified atom stereocenters. The Morgan fingerprint density at radius 3 is 0.978 bits per heavy atom. The first-order chi connectivity index (χ1) is 22.8. The Morgan fingerprint density at radius 2 is 0.565 bits per heavy atom. The molecule has 0 saturated carbocycles. The highest BCUT2D eigenvalue weighted by molar-refractivity contribution is 5.88. The van der Waals surface area contributed by atoms with Gasteiger partial charge in [0.15, 0.2) is 0 Å². The number of fused-ring (bicyclic) bond motifs is 2. The molecule has 8 aromatic rings. The fourth-order valence-electron chi connectivity index (χ4n) is 7.13. The van der Waals surface area contributed by atoms with Crippen molar-refractivity contribution in [3.05, 3.63) is 228 Å². The molecule has 0 aliphatic rings. The summed E-state index contributed by atoms with van der Waals surface area (Å²) < 4.78 is 0. The maximum atomic E-state index is 2.31. The molecule has 0 amide bonds. The lowest BCUT2D eigenvalue weighted by atomic mass is 9.81. The van der Waals surface area contributed by atoms with E-state index < -0.39 is 0 Å². The van der Waals surface area contributed by atoms with Crippen LogP contribution in [0.3, 0.4) is 0 Å². The van der Waals surface area contributed by atoms with Gasteiger partial charge in [0.05, 0.1) is 0 Å². The van der Waals surface area contributed by atoms with Gasteiger partial charge < -0.3 is 0 Å². The van der Waals surface area contributed by atoms with E-state index >= 15 is 0 Å². The van der Waals surface area contributed by atoms with Crippen LogP contribution in [0.15, 0.2) is 194 Å². The monoisotopic (exact) mass is 586 g/mol. The van der Waals surface area contributed by atoms with Crippen molar-refractivity contribution >= 4 is 21.5 Å². The Labute approximate surface area is 271 Å². The molecular weight excluding hydrogens is 553 g/mol. The lowest BCUT2D eigenvalue weighted by molar-refractivity contribution is 0.988. The number of hydrogen-bond acceptors (Lipinski definition) is 0. The first kappa shape index (κ1) is 27.8. The van der Waals surface area contributed by atoms with E-state index in [0.29, 0.717) is 0 Å². The van der Waals surface area contributed by atoms with Crippen LogP contribution in [0.5, 0.6) is 0 Å². The summed E-state index contributed by atoms with van der Waals surface area (Å²) in [6, 6.07) is 70.9. The smallest absolute Gasteiger partial charge is 0.0346 e. The highest BCUT2D eigenvalue weighted by Crippen LogP contribution is 2.39. The Balaban J connectivity index is 1.16. The zero-order valence-corrected chi connectivity index (χ0v) is 25.6. The summed E-state index contributed by atoms with van der Waals surface area (Å²) in [6.45, 7) is 0. The SMILES string of the molecule is c1ccc(C(c2ccc(-c3ccc(C(c4ccccc4)c4cccc5ccccc45)cc3)cc2)c2cccc3ccccc23)cc1. The highest BCUT2D eigenvalue weighted by atomic mass is 14.2. The molecule has 0 bridgehead atoms. The van der Waals surface area contributed by atoms with Crippen LogP contribution in [0.4, 0.5) is 0 Å². The minimum atomic E-state index is 0.149. The van der Waals surface area contributed by atoms with Gasteiger partial charge in [0.2, 0.25) is 0 Å². The van der Waals surface area contributed by atoms with Crippen molar-refractivity contribution in [1.82, 2.24) is 0 Å². The van der Waals surface area contributed by atoms with Gasteiger partial charge in [-0.15, -0.1) is 0 Å². The minimum absolute atomic E-state index is 0.149. The first-order valence-electron chi connectivity index (χ1n) is 16.1. The molecule has 0 aliphatic heterocycles. The third kappa shape index (κ3) is 5.29. The summed E-state index contributed by atoms with van der Waals surface area (Å²) >= 11 is 0. The van der Waals surface area contributed by atoms with Crippen LogP contribution in [-0.4, -0.2) is 0 Å². The van der Waals surface area contributed by atoms with Gasteiger partial charge in [-0.2, -0.15) is 0 Å². The molecule has 0 nitrogen and oxygen atoms in total. The van der Waals surface area contributed by atoms with Crippen LogP contribution < -0.4 is 0 Å². The van der Waals surface area contributed by atoms with Crippen molar-refractivity contribution in [1.29, 1.82) is 0 Å². The maximum Gasteiger partial charge on any atom is 0.0346 e. The Kier molecular flexibility index (Phi) is 7.46. The molecule has 0 saturated heterocycles. The zero-order chi connectivity index (χ0) is 30.7. The fraction of sp³-hybridized carbons (Fsp3) is 0.0435. The fourth-order valence-corrected chi connectivity index (χ4v) is 7.13. The molecule has 0 aliphatic carbocycles. The van der Waals surface area contributed by atoms with E-state index in [1.54, 1.807) is 0 Å². The average Bonchev–Trinajstić information content (AvgIpc) is 3.14. The minimum Gasteiger partial charge on any atom is -0.0622 e. The molecule has 218 valence electrons. The van der Waals surface area contributed by atoms with Gasteiger partial charge in [-0.1, -0.05) is 194 Å². The van der Waals surface area contributed by atoms with E-state index in [2.05, 4.69) is 194 Å². The van der Waals surface area contributed by atoms with Crippen molar-refractivity contribution in [3.8, 4) is 11.1 Å². The van der Waals surface area contributed by atoms with Crippen LogP contribution in [0, 0.1) is 0 Å². The largest absolute Gasteiger partial charge is 0.0622 e. The van der Waals surface area contributed by atoms with Crippen LogP contribution in [0.1, 0.15) is 45.2 Å². The van der Waals surface area contributed by atoms with Crippen molar-refractivity contribution in [3.63, 3.8) is 0 Å². The zero-order valence-electron chi connectivity index (χ0n) is 25.6. The summed E-state index contributed by atoms with van der Waals surface area (Å²) in [5.41, 5.74) is 10.3. The topological polar surface area (TPSA) is 0 Å². The van der Waals surface area contributed by atoms with Gasteiger partial charge >= 0.3 is 0 Å². The molecule has 2 atom stereocenters. The molecule has 0 N–H and O–H groups in total. The van der Waals surface area contributed by atoms with Gasteiger partial charge in [-0.3, -0.25) is 0 Å². The third-order valence-corrected chi connectivity index (χ3v) is 9.36. The molecule has 0 heterocycles. The van der Waals surface area contributed by atoms with Gasteiger partial charge in [-0.05, 0) is 66.1 Å². The van der Waals surface area contributed by atoms with E-state index in [4.69, 9.17) is 0 Å². The van der Waals surface area contributed by atoms with Gasteiger partial charge in [0.25, 0.3) is 0 Å². The highest BCUT2D eigenvalue weighted by Gasteiger charge is 2.21. The molecule has 0 spiro atoms. The van der Waals surface area contributed by atoms with E-state index in [1.165, 1.54) is 66.1 Å². The quantitative estimate of drug-likeness (QED) is 0.163. The number of rotatable bonds is 7. The van der Waals surface area contributed by atoms with E-state index in [9.17, 15) is 0 Å². The second-order valence-electron chi connectivity index (χ2n) is 12.1. The summed E-state index contributed by atoms with van der Waals surface area (Å²) in [5.74, 6) is 0.298. The van der Waals surface area contributed by atoms with Crippen LogP contribution in [-0.2, 0) is 0 Å². The molecule has 0 fully saturated rings. The lowest BCUT2D eigenvalue weighted by Crippen LogP contribution is -2.04. The number of benzene rings is 8. The van der Waals surface area contributed by atoms with Gasteiger partial charge in [-0.25, -0.2) is 0 Å². The summed E-state index contributed by atoms with van der Waals surface area (Å²) in [6.07, 6.45) is 0. The average molecular weight is 587 g/mol. The van der Waals surface area contributed by atoms with E-state index in [1.807, 2.05) is 0 Å². The van der Waals surface area contributed by atoms with Crippen LogP contribution in [0.2, 0.25) is 0 Å². The number of hydrogen-bond donors (Lipinski definition) is 0. The maximum absolute atomic E-state index is 2.31. The first-order valence-corrected chi connectivity index (χ1v) is 16.1. The summed E-state index contributed by atoms with van der Waals surface area (Å²) in [7, 11) is 0. The third-order valence-electron chi connectivity index (χ3n) is 9.36. The van der Waals surface area contributed by atoms with Gasteiger partial charge in [0, 0.05) is 11.8 Å². The molecule has 0 radical (unpaired) electrons. The molecule has 8 aromatic carbocycles. The summed E-state index contributed by atoms with van der Waals surface area (Å²) in [5, 5.41) is 5.15. The van der Waals surface area contributed by atoms with Gasteiger partial charge in [0.1, 0.15) is 0 Å². The molecule has 0 aromatic heterocycles. The van der Waals surface area contributed by atoms with Crippen molar-refractivity contribution < 1.29 is 0 Å². The Morgan fingerprint density at radius 1 is 0.239 bits per heavy atom. The lowest BCUT2D eigenvalue weighted by Gasteiger charge is -2.22. The molecule has 8 rings (SSSR count). The standard InChI is InChI=1S/C46H34/c1-3-15-37(16-4-1)45(43-23-11-19-35-13-7-9-21-41(35)43)39-29-25-33(26-30-39)34-27-31-40(32-28-34)46(38-17-5-2-6-18-38)44-24-12-20-36-14-8-10-22-42(36)44/h1-32,45-46H. The van der Waals surface area contributed by atoms with E-state index in [-0.39, 0.29) is 11.8 Å². The summed E-state index contributed by atoms with van der Waals surface area (Å²) in [4.78, 5) is 0. The predicted molar refractivity (Wildman–Crippen MR) is 195 cm³/mol. The second-order valence-corrected chi connectivity index (χ2v) is 12.1. The van der Waals surface area contributed by atoms with Crippen molar-refractivity contribution in [2.45, 2.75) is 11.8 Å². The second kappa shape index (κ2) is 12.3. The molecular formula is C46H34. The Hall–Kier alpha value is -5.72. The van der Waals surface area contributed by atoms with Crippen LogP contribution in [0.25, 0.3) is 32.7 Å². The normalized spacial score (nSPS) is 12.6. The van der Waals surface area contributed by atoms with Crippen LogP contribution >= 0.6 is 0 Å². The predicted octanol–water partition coefficient (Wildman–Crippen LogP) is 12.0. The van der Waals surface area contributed by atoms with E-state index in [0.717, 1.165) is 0 Å². The molecule has 46 heavy (non-hydrogen) atoms. The van der Waals surface area contributed by atoms with Crippen molar-refractivity contribution in [2.24, 2.45) is 0 Å². The molecule has 0 heteroatoms.